The van der Waals surface area contributed by atoms with Gasteiger partial charge in [0.15, 0.2) is 0 Å². The molecule has 0 spiro atoms. The number of rotatable bonds is 5. The van der Waals surface area contributed by atoms with Crippen LogP contribution in [0.1, 0.15) is 17.2 Å². The average molecular weight is 262 g/mol. The minimum atomic E-state index is -0.0508. The Kier molecular flexibility index (Phi) is 4.76. The largest absolute Gasteiger partial charge is 0.394 e. The number of halogens is 1. The molecule has 94 valence electrons. The summed E-state index contributed by atoms with van der Waals surface area (Å²) in [7, 11) is 0. The Labute approximate surface area is 112 Å². The van der Waals surface area contributed by atoms with Crippen molar-refractivity contribution in [1.82, 2.24) is 5.32 Å². The first-order valence-electron chi connectivity index (χ1n) is 5.93. The number of hydrogen-bond acceptors (Lipinski definition) is 2. The van der Waals surface area contributed by atoms with Gasteiger partial charge >= 0.3 is 0 Å². The standard InChI is InChI=1S/C15H16ClNO/c16-14-8-4-5-12(9-14)10-17-15(11-18)13-6-2-1-3-7-13/h1-9,15,17-18H,10-11H2/t15-/m1/s1. The van der Waals surface area contributed by atoms with Crippen LogP contribution in [0.3, 0.4) is 0 Å². The maximum absolute atomic E-state index is 9.42. The molecule has 0 aromatic heterocycles. The first kappa shape index (κ1) is 13.1. The van der Waals surface area contributed by atoms with Gasteiger partial charge in [0, 0.05) is 11.6 Å². The number of aliphatic hydroxyl groups excluding tert-OH is 1. The molecular formula is C15H16ClNO. The maximum atomic E-state index is 9.42. The third-order valence-electron chi connectivity index (χ3n) is 2.83. The molecule has 0 aliphatic heterocycles. The quantitative estimate of drug-likeness (QED) is 0.867. The third-order valence-corrected chi connectivity index (χ3v) is 3.06. The van der Waals surface area contributed by atoms with E-state index in [1.807, 2.05) is 54.6 Å². The predicted octanol–water partition coefficient (Wildman–Crippen LogP) is 3.16. The van der Waals surface area contributed by atoms with Crippen LogP contribution in [0.5, 0.6) is 0 Å². The van der Waals surface area contributed by atoms with Gasteiger partial charge in [0.05, 0.1) is 12.6 Å². The molecule has 2 N–H and O–H groups in total. The van der Waals surface area contributed by atoms with E-state index in [2.05, 4.69) is 5.32 Å². The van der Waals surface area contributed by atoms with Crippen LogP contribution in [0.2, 0.25) is 5.02 Å². The second-order valence-corrected chi connectivity index (χ2v) is 4.59. The van der Waals surface area contributed by atoms with Crippen LogP contribution < -0.4 is 5.32 Å². The summed E-state index contributed by atoms with van der Waals surface area (Å²) in [4.78, 5) is 0. The topological polar surface area (TPSA) is 32.3 Å². The first-order valence-corrected chi connectivity index (χ1v) is 6.31. The van der Waals surface area contributed by atoms with E-state index in [-0.39, 0.29) is 12.6 Å². The van der Waals surface area contributed by atoms with Crippen molar-refractivity contribution in [3.63, 3.8) is 0 Å². The van der Waals surface area contributed by atoms with Crippen LogP contribution in [0.4, 0.5) is 0 Å². The Morgan fingerprint density at radius 1 is 1.06 bits per heavy atom. The van der Waals surface area contributed by atoms with Gasteiger partial charge in [-0.2, -0.15) is 0 Å². The molecule has 0 unspecified atom stereocenters. The highest BCUT2D eigenvalue weighted by molar-refractivity contribution is 6.30. The summed E-state index contributed by atoms with van der Waals surface area (Å²) in [5.41, 5.74) is 2.19. The highest BCUT2D eigenvalue weighted by Crippen LogP contribution is 2.14. The normalized spacial score (nSPS) is 12.3. The average Bonchev–Trinajstić information content (AvgIpc) is 2.41. The van der Waals surface area contributed by atoms with Gasteiger partial charge in [-0.3, -0.25) is 0 Å². The predicted molar refractivity (Wildman–Crippen MR) is 74.6 cm³/mol. The fraction of sp³-hybridized carbons (Fsp3) is 0.200. The summed E-state index contributed by atoms with van der Waals surface area (Å²) in [6.45, 7) is 0.755. The van der Waals surface area contributed by atoms with Gasteiger partial charge in [-0.1, -0.05) is 54.1 Å². The molecule has 0 aliphatic rings. The lowest BCUT2D eigenvalue weighted by Gasteiger charge is -2.16. The summed E-state index contributed by atoms with van der Waals surface area (Å²) in [6.07, 6.45) is 0. The van der Waals surface area contributed by atoms with E-state index in [1.54, 1.807) is 0 Å². The van der Waals surface area contributed by atoms with Crippen LogP contribution in [0.25, 0.3) is 0 Å². The molecule has 0 heterocycles. The van der Waals surface area contributed by atoms with Crippen molar-refractivity contribution < 1.29 is 5.11 Å². The molecule has 18 heavy (non-hydrogen) atoms. The molecule has 1 atom stereocenters. The van der Waals surface area contributed by atoms with E-state index in [1.165, 1.54) is 0 Å². The molecule has 2 aromatic rings. The molecule has 0 amide bonds. The van der Waals surface area contributed by atoms with Crippen molar-refractivity contribution in [2.24, 2.45) is 0 Å². The molecule has 0 radical (unpaired) electrons. The highest BCUT2D eigenvalue weighted by Gasteiger charge is 2.08. The molecule has 2 nitrogen and oxygen atoms in total. The lowest BCUT2D eigenvalue weighted by atomic mass is 10.1. The summed E-state index contributed by atoms with van der Waals surface area (Å²) >= 11 is 5.93. The van der Waals surface area contributed by atoms with Crippen molar-refractivity contribution in [2.45, 2.75) is 12.6 Å². The van der Waals surface area contributed by atoms with Gasteiger partial charge in [-0.15, -0.1) is 0 Å². The van der Waals surface area contributed by atoms with Crippen molar-refractivity contribution in [2.75, 3.05) is 6.61 Å². The molecule has 0 bridgehead atoms. The second-order valence-electron chi connectivity index (χ2n) is 4.16. The van der Waals surface area contributed by atoms with Crippen LogP contribution in [0.15, 0.2) is 54.6 Å². The van der Waals surface area contributed by atoms with E-state index in [0.717, 1.165) is 16.1 Å². The van der Waals surface area contributed by atoms with Crippen LogP contribution in [0, 0.1) is 0 Å². The minimum absolute atomic E-state index is 0.0508. The SMILES string of the molecule is OC[C@@H](NCc1cccc(Cl)c1)c1ccccc1. The van der Waals surface area contributed by atoms with E-state index < -0.39 is 0 Å². The Hall–Kier alpha value is -1.35. The number of benzene rings is 2. The van der Waals surface area contributed by atoms with E-state index in [0.29, 0.717) is 6.54 Å². The van der Waals surface area contributed by atoms with Crippen LogP contribution in [-0.4, -0.2) is 11.7 Å². The molecule has 0 aliphatic carbocycles. The Morgan fingerprint density at radius 3 is 2.50 bits per heavy atom. The number of hydrogen-bond donors (Lipinski definition) is 2. The van der Waals surface area contributed by atoms with Crippen LogP contribution >= 0.6 is 11.6 Å². The lowest BCUT2D eigenvalue weighted by molar-refractivity contribution is 0.243. The maximum Gasteiger partial charge on any atom is 0.0626 e. The molecular weight excluding hydrogens is 246 g/mol. The zero-order valence-electron chi connectivity index (χ0n) is 10.0. The molecule has 2 aromatic carbocycles. The van der Waals surface area contributed by atoms with Gasteiger partial charge in [-0.25, -0.2) is 0 Å². The Morgan fingerprint density at radius 2 is 1.83 bits per heavy atom. The smallest absolute Gasteiger partial charge is 0.0626 e. The molecule has 0 saturated heterocycles. The molecule has 3 heteroatoms. The third kappa shape index (κ3) is 3.57. The van der Waals surface area contributed by atoms with Gasteiger partial charge in [0.1, 0.15) is 0 Å². The highest BCUT2D eigenvalue weighted by atomic mass is 35.5. The van der Waals surface area contributed by atoms with Crippen molar-refractivity contribution >= 4 is 11.6 Å². The van der Waals surface area contributed by atoms with Gasteiger partial charge in [0.2, 0.25) is 0 Å². The second kappa shape index (κ2) is 6.55. The van der Waals surface area contributed by atoms with E-state index >= 15 is 0 Å². The van der Waals surface area contributed by atoms with Crippen molar-refractivity contribution in [3.05, 3.63) is 70.7 Å². The van der Waals surface area contributed by atoms with Crippen LogP contribution in [-0.2, 0) is 6.54 Å². The Balaban J connectivity index is 2.00. The van der Waals surface area contributed by atoms with Crippen molar-refractivity contribution in [1.29, 1.82) is 0 Å². The molecule has 0 saturated carbocycles. The van der Waals surface area contributed by atoms with E-state index in [9.17, 15) is 5.11 Å². The van der Waals surface area contributed by atoms with Gasteiger partial charge < -0.3 is 10.4 Å². The Bertz CT molecular complexity index is 487. The first-order chi connectivity index (χ1) is 8.79. The zero-order chi connectivity index (χ0) is 12.8. The lowest BCUT2D eigenvalue weighted by Crippen LogP contribution is -2.23. The van der Waals surface area contributed by atoms with Gasteiger partial charge in [0.25, 0.3) is 0 Å². The van der Waals surface area contributed by atoms with E-state index in [4.69, 9.17) is 11.6 Å². The minimum Gasteiger partial charge on any atom is -0.394 e. The zero-order valence-corrected chi connectivity index (χ0v) is 10.8. The summed E-state index contributed by atoms with van der Waals surface area (Å²) in [6, 6.07) is 17.6. The molecule has 0 fully saturated rings. The van der Waals surface area contributed by atoms with Crippen molar-refractivity contribution in [3.8, 4) is 0 Å². The summed E-state index contributed by atoms with van der Waals surface area (Å²) in [5, 5.41) is 13.5. The summed E-state index contributed by atoms with van der Waals surface area (Å²) in [5.74, 6) is 0. The van der Waals surface area contributed by atoms with Gasteiger partial charge in [-0.05, 0) is 23.3 Å². The molecule has 2 rings (SSSR count). The monoisotopic (exact) mass is 261 g/mol. The number of aliphatic hydroxyl groups is 1. The summed E-state index contributed by atoms with van der Waals surface area (Å²) < 4.78 is 0. The fourth-order valence-corrected chi connectivity index (χ4v) is 2.07. The number of nitrogens with one attached hydrogen (secondary N) is 1. The fourth-order valence-electron chi connectivity index (χ4n) is 1.86.